The second kappa shape index (κ2) is 11.4. The number of amides is 1. The van der Waals surface area contributed by atoms with Gasteiger partial charge < -0.3 is 19.3 Å². The van der Waals surface area contributed by atoms with Gasteiger partial charge in [0.05, 0.1) is 12.5 Å². The first-order chi connectivity index (χ1) is 18.0. The summed E-state index contributed by atoms with van der Waals surface area (Å²) in [6, 6.07) is 17.1. The van der Waals surface area contributed by atoms with Crippen LogP contribution in [-0.4, -0.2) is 48.8 Å². The van der Waals surface area contributed by atoms with Crippen LogP contribution in [0.25, 0.3) is 0 Å². The highest BCUT2D eigenvalue weighted by Crippen LogP contribution is 2.44. The van der Waals surface area contributed by atoms with E-state index in [0.717, 1.165) is 37.1 Å². The van der Waals surface area contributed by atoms with Crippen LogP contribution in [-0.2, 0) is 26.1 Å². The lowest BCUT2D eigenvalue weighted by Gasteiger charge is -2.28. The van der Waals surface area contributed by atoms with Gasteiger partial charge in [0.15, 0.2) is 0 Å². The number of likely N-dealkylation sites (tertiary alicyclic amines) is 1. The lowest BCUT2D eigenvalue weighted by Crippen LogP contribution is -2.36. The molecule has 0 N–H and O–H groups in total. The minimum atomic E-state index is -0.570. The highest BCUT2D eigenvalue weighted by Gasteiger charge is 2.39. The van der Waals surface area contributed by atoms with E-state index in [1.54, 1.807) is 4.90 Å². The minimum Gasteiger partial charge on any atom is -0.460 e. The van der Waals surface area contributed by atoms with E-state index in [0.29, 0.717) is 26.1 Å². The number of hydrogen-bond acceptors (Lipinski definition) is 5. The van der Waals surface area contributed by atoms with Gasteiger partial charge in [-0.2, -0.15) is 0 Å². The summed E-state index contributed by atoms with van der Waals surface area (Å²) in [4.78, 5) is 30.2. The zero-order chi connectivity index (χ0) is 27.5. The average Bonchev–Trinajstić information content (AvgIpc) is 3.45. The second-order valence-corrected chi connectivity index (χ2v) is 12.5. The molecule has 4 rings (SSSR count). The van der Waals surface area contributed by atoms with Gasteiger partial charge in [0.25, 0.3) is 0 Å². The first-order valence-corrected chi connectivity index (χ1v) is 14.1. The number of fused-ring (bicyclic) bond motifs is 1. The standard InChI is InChI=1S/C32H44N2O4/c1-7-8-18-37-30(36)33-17-16-24(21-33)26(29(35)38-31(2,3)4)20-23-12-11-13-25(19-23)34-22-32(5,6)27-14-9-10-15-28(27)34/h9-15,19,24,26H,7-8,16-18,20-22H2,1-6H3/t24-,26-/m0/s1. The van der Waals surface area contributed by atoms with Crippen LogP contribution in [0.3, 0.4) is 0 Å². The normalized spacial score (nSPS) is 19.3. The third kappa shape index (κ3) is 6.51. The number of rotatable bonds is 8. The molecule has 1 fully saturated rings. The number of carbonyl (C=O) groups is 2. The molecule has 38 heavy (non-hydrogen) atoms. The van der Waals surface area contributed by atoms with Gasteiger partial charge in [-0.1, -0.05) is 57.5 Å². The monoisotopic (exact) mass is 520 g/mol. The maximum absolute atomic E-state index is 13.5. The van der Waals surface area contributed by atoms with Crippen molar-refractivity contribution in [2.75, 3.05) is 31.1 Å². The Kier molecular flexibility index (Phi) is 8.39. The molecule has 2 heterocycles. The summed E-state index contributed by atoms with van der Waals surface area (Å²) in [6.07, 6.45) is 2.90. The van der Waals surface area contributed by atoms with Crippen molar-refractivity contribution in [3.05, 3.63) is 59.7 Å². The number of nitrogens with zero attached hydrogens (tertiary/aromatic N) is 2. The number of anilines is 2. The number of carbonyl (C=O) groups excluding carboxylic acids is 2. The van der Waals surface area contributed by atoms with E-state index in [9.17, 15) is 9.59 Å². The molecule has 0 radical (unpaired) electrons. The zero-order valence-electron chi connectivity index (χ0n) is 24.0. The average molecular weight is 521 g/mol. The number of para-hydroxylation sites is 1. The summed E-state index contributed by atoms with van der Waals surface area (Å²) in [5.41, 5.74) is 4.32. The van der Waals surface area contributed by atoms with E-state index in [-0.39, 0.29) is 29.3 Å². The van der Waals surface area contributed by atoms with Crippen LogP contribution < -0.4 is 4.90 Å². The topological polar surface area (TPSA) is 59.1 Å². The van der Waals surface area contributed by atoms with Crippen molar-refractivity contribution < 1.29 is 19.1 Å². The Morgan fingerprint density at radius 3 is 2.61 bits per heavy atom. The molecular weight excluding hydrogens is 476 g/mol. The largest absolute Gasteiger partial charge is 0.460 e. The Morgan fingerprint density at radius 1 is 1.11 bits per heavy atom. The van der Waals surface area contributed by atoms with Gasteiger partial charge in [0.2, 0.25) is 0 Å². The van der Waals surface area contributed by atoms with Crippen LogP contribution in [0.4, 0.5) is 16.2 Å². The Hall–Kier alpha value is -3.02. The van der Waals surface area contributed by atoms with Crippen LogP contribution in [0.2, 0.25) is 0 Å². The molecule has 0 unspecified atom stereocenters. The predicted octanol–water partition coefficient (Wildman–Crippen LogP) is 6.87. The molecule has 2 aliphatic rings. The van der Waals surface area contributed by atoms with E-state index in [1.165, 1.54) is 11.3 Å². The molecule has 2 atom stereocenters. The van der Waals surface area contributed by atoms with Gasteiger partial charge >= 0.3 is 12.1 Å². The maximum Gasteiger partial charge on any atom is 0.409 e. The molecule has 1 amide bonds. The molecule has 6 nitrogen and oxygen atoms in total. The highest BCUT2D eigenvalue weighted by molar-refractivity contribution is 5.75. The predicted molar refractivity (Wildman–Crippen MR) is 152 cm³/mol. The van der Waals surface area contributed by atoms with Gasteiger partial charge in [-0.15, -0.1) is 0 Å². The van der Waals surface area contributed by atoms with Crippen LogP contribution in [0.1, 0.15) is 71.9 Å². The van der Waals surface area contributed by atoms with Crippen molar-refractivity contribution in [3.63, 3.8) is 0 Å². The van der Waals surface area contributed by atoms with E-state index in [1.807, 2.05) is 20.8 Å². The number of hydrogen-bond donors (Lipinski definition) is 0. The molecule has 0 saturated carbocycles. The molecule has 0 aromatic heterocycles. The zero-order valence-corrected chi connectivity index (χ0v) is 24.0. The lowest BCUT2D eigenvalue weighted by atomic mass is 9.85. The fraction of sp³-hybridized carbons (Fsp3) is 0.562. The quantitative estimate of drug-likeness (QED) is 0.281. The SMILES string of the molecule is CCCCOC(=O)N1CC[C@H]([C@H](Cc2cccc(N3CC(C)(C)c4ccccc43)c2)C(=O)OC(C)(C)C)C1. The summed E-state index contributed by atoms with van der Waals surface area (Å²) in [6.45, 7) is 14.8. The summed E-state index contributed by atoms with van der Waals surface area (Å²) < 4.78 is 11.3. The van der Waals surface area contributed by atoms with E-state index >= 15 is 0 Å². The van der Waals surface area contributed by atoms with E-state index in [2.05, 4.69) is 74.2 Å². The van der Waals surface area contributed by atoms with Crippen molar-refractivity contribution in [3.8, 4) is 0 Å². The number of esters is 1. The fourth-order valence-electron chi connectivity index (χ4n) is 5.68. The molecule has 0 spiro atoms. The number of ether oxygens (including phenoxy) is 2. The molecule has 2 aromatic rings. The van der Waals surface area contributed by atoms with Crippen molar-refractivity contribution in [1.82, 2.24) is 4.90 Å². The van der Waals surface area contributed by atoms with Crippen LogP contribution in [0.15, 0.2) is 48.5 Å². The Labute approximate surface area is 228 Å². The molecule has 0 bridgehead atoms. The van der Waals surface area contributed by atoms with E-state index in [4.69, 9.17) is 9.47 Å². The van der Waals surface area contributed by atoms with Gasteiger partial charge in [-0.25, -0.2) is 4.79 Å². The number of benzene rings is 2. The summed E-state index contributed by atoms with van der Waals surface area (Å²) in [7, 11) is 0. The third-order valence-corrected chi connectivity index (χ3v) is 7.64. The highest BCUT2D eigenvalue weighted by atomic mass is 16.6. The first kappa shape index (κ1) is 28.0. The Balaban J connectivity index is 1.54. The smallest absolute Gasteiger partial charge is 0.409 e. The van der Waals surface area contributed by atoms with Crippen molar-refractivity contribution >= 4 is 23.4 Å². The van der Waals surface area contributed by atoms with Gasteiger partial charge in [-0.05, 0) is 75.3 Å². The second-order valence-electron chi connectivity index (χ2n) is 12.5. The van der Waals surface area contributed by atoms with Crippen molar-refractivity contribution in [2.24, 2.45) is 11.8 Å². The molecule has 2 aliphatic heterocycles. The van der Waals surface area contributed by atoms with Crippen molar-refractivity contribution in [1.29, 1.82) is 0 Å². The molecular formula is C32H44N2O4. The first-order valence-electron chi connectivity index (χ1n) is 14.1. The van der Waals surface area contributed by atoms with E-state index < -0.39 is 5.60 Å². The van der Waals surface area contributed by atoms with Gasteiger partial charge in [0, 0.05) is 36.4 Å². The van der Waals surface area contributed by atoms with Crippen molar-refractivity contribution in [2.45, 2.75) is 78.2 Å². The Morgan fingerprint density at radius 2 is 1.87 bits per heavy atom. The molecule has 2 aromatic carbocycles. The lowest BCUT2D eigenvalue weighted by molar-refractivity contribution is -0.161. The summed E-state index contributed by atoms with van der Waals surface area (Å²) in [5, 5.41) is 0. The molecule has 6 heteroatoms. The van der Waals surface area contributed by atoms with Gasteiger partial charge in [-0.3, -0.25) is 4.79 Å². The summed E-state index contributed by atoms with van der Waals surface area (Å²) in [5.74, 6) is -0.499. The van der Waals surface area contributed by atoms with Crippen LogP contribution >= 0.6 is 0 Å². The molecule has 206 valence electrons. The molecule has 0 aliphatic carbocycles. The number of unbranched alkanes of at least 4 members (excludes halogenated alkanes) is 1. The van der Waals surface area contributed by atoms with Crippen LogP contribution in [0, 0.1) is 11.8 Å². The minimum absolute atomic E-state index is 0.0266. The molecule has 1 saturated heterocycles. The fourth-order valence-corrected chi connectivity index (χ4v) is 5.68. The maximum atomic E-state index is 13.5. The van der Waals surface area contributed by atoms with Crippen LogP contribution in [0.5, 0.6) is 0 Å². The summed E-state index contributed by atoms with van der Waals surface area (Å²) >= 11 is 0. The third-order valence-electron chi connectivity index (χ3n) is 7.64. The van der Waals surface area contributed by atoms with Gasteiger partial charge in [0.1, 0.15) is 5.60 Å². The Bertz CT molecular complexity index is 1140.